The van der Waals surface area contributed by atoms with Gasteiger partial charge < -0.3 is 4.52 Å². The second kappa shape index (κ2) is 6.89. The summed E-state index contributed by atoms with van der Waals surface area (Å²) in [6.45, 7) is 11.9. The Morgan fingerprint density at radius 3 is 2.12 bits per heavy atom. The van der Waals surface area contributed by atoms with E-state index in [-0.39, 0.29) is 17.7 Å². The molecule has 0 spiro atoms. The topological polar surface area (TPSA) is 26.3 Å². The molecule has 104 valence electrons. The van der Waals surface area contributed by atoms with Crippen LogP contribution in [0.4, 0.5) is 4.20 Å². The molecule has 0 aliphatic heterocycles. The number of hydrogen-bond acceptors (Lipinski definition) is 2. The minimum absolute atomic E-state index is 0.0557. The fraction of sp³-hybridized carbons (Fsp3) is 1.00. The highest BCUT2D eigenvalue weighted by atomic mass is 31.2. The van der Waals surface area contributed by atoms with Gasteiger partial charge in [0.15, 0.2) is 0 Å². The second-order valence-corrected chi connectivity index (χ2v) is 8.16. The molecule has 0 bridgehead atoms. The van der Waals surface area contributed by atoms with Gasteiger partial charge in [-0.3, -0.25) is 4.57 Å². The Balaban J connectivity index is 4.00. The van der Waals surface area contributed by atoms with E-state index in [2.05, 4.69) is 13.8 Å². The molecule has 0 saturated heterocycles. The van der Waals surface area contributed by atoms with Crippen molar-refractivity contribution in [3.05, 3.63) is 0 Å². The van der Waals surface area contributed by atoms with Crippen molar-refractivity contribution >= 4 is 7.68 Å². The van der Waals surface area contributed by atoms with E-state index in [1.807, 2.05) is 20.8 Å². The van der Waals surface area contributed by atoms with Crippen LogP contribution in [-0.2, 0) is 9.09 Å². The monoisotopic (exact) mass is 266 g/mol. The maximum absolute atomic E-state index is 13.7. The van der Waals surface area contributed by atoms with Crippen molar-refractivity contribution in [2.45, 2.75) is 66.9 Å². The Morgan fingerprint density at radius 2 is 1.71 bits per heavy atom. The van der Waals surface area contributed by atoms with Gasteiger partial charge in [0.05, 0.1) is 12.3 Å². The molecular formula is C13H28FO2P. The average Bonchev–Trinajstić information content (AvgIpc) is 2.10. The van der Waals surface area contributed by atoms with Crippen molar-refractivity contribution in [1.29, 1.82) is 0 Å². The molecule has 0 aromatic rings. The molecule has 2 unspecified atom stereocenters. The molecule has 0 aliphatic rings. The molecule has 2 atom stereocenters. The fourth-order valence-electron chi connectivity index (χ4n) is 1.30. The van der Waals surface area contributed by atoms with Gasteiger partial charge in [0.1, 0.15) is 0 Å². The standard InChI is InChI=1S/C13H28FO2P/c1-11(2)9-7-8-10-17(14,15)16-12(3)13(4,5)6/h11-12H,7-10H2,1-6H3. The van der Waals surface area contributed by atoms with Crippen LogP contribution in [0.5, 0.6) is 0 Å². The van der Waals surface area contributed by atoms with E-state index >= 15 is 0 Å². The molecule has 0 fully saturated rings. The summed E-state index contributed by atoms with van der Waals surface area (Å²) in [7, 11) is -3.91. The Labute approximate surface area is 106 Å². The van der Waals surface area contributed by atoms with E-state index in [9.17, 15) is 8.76 Å². The lowest BCUT2D eigenvalue weighted by Gasteiger charge is -2.28. The lowest BCUT2D eigenvalue weighted by atomic mass is 9.91. The van der Waals surface area contributed by atoms with Crippen molar-refractivity contribution in [3.63, 3.8) is 0 Å². The summed E-state index contributed by atoms with van der Waals surface area (Å²) in [6.07, 6.45) is 2.33. The molecular weight excluding hydrogens is 238 g/mol. The molecule has 0 heterocycles. The zero-order valence-corrected chi connectivity index (χ0v) is 13.0. The predicted octanol–water partition coefficient (Wildman–Crippen LogP) is 5.43. The third-order valence-electron chi connectivity index (χ3n) is 2.99. The summed E-state index contributed by atoms with van der Waals surface area (Å²) >= 11 is 0. The molecule has 0 N–H and O–H groups in total. The summed E-state index contributed by atoms with van der Waals surface area (Å²) in [5.74, 6) is 0.614. The van der Waals surface area contributed by atoms with Gasteiger partial charge in [0.25, 0.3) is 0 Å². The Bertz CT molecular complexity index is 259. The first-order valence-electron chi connectivity index (χ1n) is 6.52. The van der Waals surface area contributed by atoms with Crippen LogP contribution in [0.15, 0.2) is 0 Å². The number of rotatable bonds is 7. The normalized spacial score (nSPS) is 18.1. The first kappa shape index (κ1) is 17.1. The van der Waals surface area contributed by atoms with E-state index in [4.69, 9.17) is 4.52 Å². The van der Waals surface area contributed by atoms with Crippen LogP contribution in [-0.4, -0.2) is 12.3 Å². The van der Waals surface area contributed by atoms with Crippen molar-refractivity contribution in [2.75, 3.05) is 6.16 Å². The number of hydrogen-bond donors (Lipinski definition) is 0. The van der Waals surface area contributed by atoms with Gasteiger partial charge in [-0.2, -0.15) is 4.20 Å². The van der Waals surface area contributed by atoms with Crippen molar-refractivity contribution in [1.82, 2.24) is 0 Å². The van der Waals surface area contributed by atoms with Gasteiger partial charge >= 0.3 is 7.68 Å². The van der Waals surface area contributed by atoms with E-state index in [1.165, 1.54) is 0 Å². The molecule has 0 amide bonds. The zero-order valence-electron chi connectivity index (χ0n) is 12.1. The molecule has 0 rings (SSSR count). The van der Waals surface area contributed by atoms with Gasteiger partial charge in [0.2, 0.25) is 0 Å². The van der Waals surface area contributed by atoms with Crippen LogP contribution in [0.25, 0.3) is 0 Å². The smallest absolute Gasteiger partial charge is 0.302 e. The van der Waals surface area contributed by atoms with Crippen LogP contribution in [0, 0.1) is 11.3 Å². The Hall–Kier alpha value is 0.120. The van der Waals surface area contributed by atoms with Crippen LogP contribution in [0.1, 0.15) is 60.8 Å². The van der Waals surface area contributed by atoms with E-state index in [0.717, 1.165) is 12.8 Å². The van der Waals surface area contributed by atoms with Gasteiger partial charge in [-0.15, -0.1) is 0 Å². The Kier molecular flexibility index (Phi) is 6.94. The molecule has 17 heavy (non-hydrogen) atoms. The molecule has 0 aromatic carbocycles. The van der Waals surface area contributed by atoms with Gasteiger partial charge in [-0.25, -0.2) is 0 Å². The first-order chi connectivity index (χ1) is 7.54. The van der Waals surface area contributed by atoms with E-state index in [1.54, 1.807) is 6.92 Å². The van der Waals surface area contributed by atoms with Gasteiger partial charge in [0, 0.05) is 0 Å². The predicted molar refractivity (Wildman–Crippen MR) is 72.3 cm³/mol. The lowest BCUT2D eigenvalue weighted by molar-refractivity contribution is 0.0971. The maximum atomic E-state index is 13.7. The maximum Gasteiger partial charge on any atom is 0.367 e. The summed E-state index contributed by atoms with van der Waals surface area (Å²) in [4.78, 5) is 0. The van der Waals surface area contributed by atoms with Gasteiger partial charge in [-0.05, 0) is 24.7 Å². The SMILES string of the molecule is CC(C)CCCCP(=O)(F)OC(C)C(C)(C)C. The third-order valence-corrected chi connectivity index (χ3v) is 4.47. The molecule has 4 heteroatoms. The number of halogens is 1. The largest absolute Gasteiger partial charge is 0.367 e. The quantitative estimate of drug-likeness (QED) is 0.454. The summed E-state index contributed by atoms with van der Waals surface area (Å²) < 4.78 is 30.5. The average molecular weight is 266 g/mol. The summed E-state index contributed by atoms with van der Waals surface area (Å²) in [5.41, 5.74) is -0.181. The highest BCUT2D eigenvalue weighted by Crippen LogP contribution is 2.52. The van der Waals surface area contributed by atoms with Crippen LogP contribution in [0.3, 0.4) is 0 Å². The molecule has 0 radical (unpaired) electrons. The van der Waals surface area contributed by atoms with Crippen molar-refractivity contribution in [2.24, 2.45) is 11.3 Å². The fourth-order valence-corrected chi connectivity index (χ4v) is 2.80. The summed E-state index contributed by atoms with van der Waals surface area (Å²) in [6, 6.07) is 0. The second-order valence-electron chi connectivity index (χ2n) is 6.32. The minimum atomic E-state index is -3.91. The minimum Gasteiger partial charge on any atom is -0.302 e. The third kappa shape index (κ3) is 8.79. The molecule has 0 aliphatic carbocycles. The molecule has 0 saturated carbocycles. The highest BCUT2D eigenvalue weighted by molar-refractivity contribution is 7.53. The van der Waals surface area contributed by atoms with Crippen molar-refractivity contribution in [3.8, 4) is 0 Å². The number of unbranched alkanes of at least 4 members (excludes halogenated alkanes) is 1. The lowest BCUT2D eigenvalue weighted by Crippen LogP contribution is -2.24. The summed E-state index contributed by atoms with van der Waals surface area (Å²) in [5, 5.41) is 0. The molecule has 2 nitrogen and oxygen atoms in total. The van der Waals surface area contributed by atoms with Crippen molar-refractivity contribution < 1.29 is 13.3 Å². The van der Waals surface area contributed by atoms with Crippen LogP contribution < -0.4 is 0 Å². The van der Waals surface area contributed by atoms with E-state index < -0.39 is 7.68 Å². The van der Waals surface area contributed by atoms with Crippen LogP contribution in [0.2, 0.25) is 0 Å². The zero-order chi connectivity index (χ0) is 13.7. The van der Waals surface area contributed by atoms with E-state index in [0.29, 0.717) is 12.3 Å². The Morgan fingerprint density at radius 1 is 1.18 bits per heavy atom. The van der Waals surface area contributed by atoms with Gasteiger partial charge in [-0.1, -0.05) is 47.5 Å². The molecule has 0 aromatic heterocycles. The first-order valence-corrected chi connectivity index (χ1v) is 8.22. The highest BCUT2D eigenvalue weighted by Gasteiger charge is 2.30. The van der Waals surface area contributed by atoms with Crippen LogP contribution >= 0.6 is 7.68 Å².